The van der Waals surface area contributed by atoms with Gasteiger partial charge in [0.15, 0.2) is 5.66 Å². The van der Waals surface area contributed by atoms with Gasteiger partial charge in [-0.25, -0.2) is 9.38 Å². The molecule has 1 heterocycles. The Balaban J connectivity index is 1.53. The number of halogens is 3. The van der Waals surface area contributed by atoms with Crippen LogP contribution >= 0.6 is 35.0 Å². The molecule has 156 valence electrons. The lowest BCUT2D eigenvalue weighted by molar-refractivity contribution is -0.113. The summed E-state index contributed by atoms with van der Waals surface area (Å²) < 4.78 is 13.0. The van der Waals surface area contributed by atoms with Gasteiger partial charge in [0.05, 0.1) is 10.8 Å². The van der Waals surface area contributed by atoms with Crippen molar-refractivity contribution in [2.75, 3.05) is 11.1 Å². The summed E-state index contributed by atoms with van der Waals surface area (Å²) in [4.78, 5) is 22.3. The maximum absolute atomic E-state index is 13.0. The Labute approximate surface area is 189 Å². The number of nitrogens with one attached hydrogen (secondary N) is 1. The van der Waals surface area contributed by atoms with Crippen molar-refractivity contribution >= 4 is 57.3 Å². The average Bonchev–Trinajstić information content (AvgIpc) is 3.06. The first-order chi connectivity index (χ1) is 14.4. The van der Waals surface area contributed by atoms with Crippen molar-refractivity contribution in [3.63, 3.8) is 0 Å². The SMILES string of the molecule is O=C(CSC1=NC2(CCCCC2)N=C1c1ccc(Cl)cc1Cl)Nc1ccc(F)cc1. The predicted octanol–water partition coefficient (Wildman–Crippen LogP) is 6.37. The third-order valence-corrected chi connectivity index (χ3v) is 6.65. The number of rotatable bonds is 4. The van der Waals surface area contributed by atoms with E-state index in [1.807, 2.05) is 6.07 Å². The first-order valence-corrected chi connectivity index (χ1v) is 11.5. The monoisotopic (exact) mass is 463 g/mol. The Bertz CT molecular complexity index is 1020. The topological polar surface area (TPSA) is 53.8 Å². The third kappa shape index (κ3) is 4.88. The normalized spacial score (nSPS) is 17.6. The first kappa shape index (κ1) is 21.3. The number of thioether (sulfide) groups is 1. The molecule has 0 atom stereocenters. The van der Waals surface area contributed by atoms with Gasteiger partial charge >= 0.3 is 0 Å². The predicted molar refractivity (Wildman–Crippen MR) is 124 cm³/mol. The molecular formula is C22H20Cl2FN3OS. The lowest BCUT2D eigenvalue weighted by atomic mass is 9.90. The van der Waals surface area contributed by atoms with Crippen LogP contribution in [0.1, 0.15) is 37.7 Å². The fraction of sp³-hybridized carbons (Fsp3) is 0.318. The molecule has 1 aliphatic carbocycles. The van der Waals surface area contributed by atoms with Crippen LogP contribution in [-0.4, -0.2) is 28.1 Å². The minimum atomic E-state index is -0.452. The smallest absolute Gasteiger partial charge is 0.234 e. The Hall–Kier alpha value is -1.89. The first-order valence-electron chi connectivity index (χ1n) is 9.78. The molecule has 4 nitrogen and oxygen atoms in total. The van der Waals surface area contributed by atoms with Gasteiger partial charge in [-0.2, -0.15) is 0 Å². The highest BCUT2D eigenvalue weighted by molar-refractivity contribution is 8.16. The van der Waals surface area contributed by atoms with Crippen LogP contribution in [0, 0.1) is 5.82 Å². The summed E-state index contributed by atoms with van der Waals surface area (Å²) in [5, 5.41) is 4.56. The second-order valence-corrected chi connectivity index (χ2v) is 9.20. The van der Waals surface area contributed by atoms with Crippen molar-refractivity contribution in [2.24, 2.45) is 9.98 Å². The van der Waals surface area contributed by atoms with E-state index in [1.165, 1.54) is 42.4 Å². The molecule has 0 radical (unpaired) electrons. The lowest BCUT2D eigenvalue weighted by Gasteiger charge is -2.27. The molecule has 4 rings (SSSR count). The van der Waals surface area contributed by atoms with Crippen LogP contribution in [0.3, 0.4) is 0 Å². The molecular weight excluding hydrogens is 444 g/mol. The number of hydrogen-bond donors (Lipinski definition) is 1. The lowest BCUT2D eigenvalue weighted by Crippen LogP contribution is -2.25. The maximum atomic E-state index is 13.0. The zero-order valence-corrected chi connectivity index (χ0v) is 18.5. The van der Waals surface area contributed by atoms with Gasteiger partial charge in [-0.15, -0.1) is 0 Å². The van der Waals surface area contributed by atoms with Gasteiger partial charge in [-0.3, -0.25) is 9.79 Å². The largest absolute Gasteiger partial charge is 0.325 e. The number of benzene rings is 2. The maximum Gasteiger partial charge on any atom is 0.234 e. The summed E-state index contributed by atoms with van der Waals surface area (Å²) in [6, 6.07) is 11.0. The summed E-state index contributed by atoms with van der Waals surface area (Å²) in [6.07, 6.45) is 5.14. The zero-order chi connectivity index (χ0) is 21.1. The summed E-state index contributed by atoms with van der Waals surface area (Å²) in [5.41, 5.74) is 1.59. The highest BCUT2D eigenvalue weighted by Crippen LogP contribution is 2.39. The number of nitrogens with zero attached hydrogens (tertiary/aromatic N) is 2. The highest BCUT2D eigenvalue weighted by atomic mass is 35.5. The molecule has 1 saturated carbocycles. The molecule has 1 N–H and O–H groups in total. The number of anilines is 1. The second kappa shape index (κ2) is 9.08. The molecule has 2 aromatic rings. The van der Waals surface area contributed by atoms with Crippen molar-refractivity contribution in [2.45, 2.75) is 37.8 Å². The van der Waals surface area contributed by atoms with Gasteiger partial charge in [0, 0.05) is 16.3 Å². The van der Waals surface area contributed by atoms with Crippen molar-refractivity contribution in [3.8, 4) is 0 Å². The Morgan fingerprint density at radius 1 is 1.07 bits per heavy atom. The molecule has 0 unspecified atom stereocenters. The van der Waals surface area contributed by atoms with E-state index < -0.39 is 5.66 Å². The van der Waals surface area contributed by atoms with Gasteiger partial charge in [0.1, 0.15) is 16.6 Å². The van der Waals surface area contributed by atoms with Gasteiger partial charge in [0.25, 0.3) is 0 Å². The van der Waals surface area contributed by atoms with E-state index in [-0.39, 0.29) is 17.5 Å². The van der Waals surface area contributed by atoms with Crippen molar-refractivity contribution in [1.82, 2.24) is 0 Å². The quantitative estimate of drug-likeness (QED) is 0.572. The van der Waals surface area contributed by atoms with Crippen LogP contribution in [0.15, 0.2) is 52.4 Å². The van der Waals surface area contributed by atoms with Crippen molar-refractivity contribution < 1.29 is 9.18 Å². The van der Waals surface area contributed by atoms with E-state index in [2.05, 4.69) is 5.32 Å². The number of carbonyl (C=O) groups is 1. The fourth-order valence-electron chi connectivity index (χ4n) is 3.69. The molecule has 2 aromatic carbocycles. The average molecular weight is 464 g/mol. The van der Waals surface area contributed by atoms with E-state index in [0.717, 1.165) is 42.0 Å². The van der Waals surface area contributed by atoms with Crippen molar-refractivity contribution in [1.29, 1.82) is 0 Å². The number of carbonyl (C=O) groups excluding carboxylic acids is 1. The minimum Gasteiger partial charge on any atom is -0.325 e. The van der Waals surface area contributed by atoms with Crippen LogP contribution in [-0.2, 0) is 4.79 Å². The molecule has 1 amide bonds. The summed E-state index contributed by atoms with van der Waals surface area (Å²) in [5.74, 6) is -0.377. The molecule has 1 spiro atoms. The minimum absolute atomic E-state index is 0.163. The zero-order valence-electron chi connectivity index (χ0n) is 16.1. The van der Waals surface area contributed by atoms with E-state index in [1.54, 1.807) is 12.1 Å². The van der Waals surface area contributed by atoms with E-state index >= 15 is 0 Å². The van der Waals surface area contributed by atoms with Crippen LogP contribution in [0.5, 0.6) is 0 Å². The van der Waals surface area contributed by atoms with Crippen LogP contribution in [0.2, 0.25) is 10.0 Å². The number of hydrogen-bond acceptors (Lipinski definition) is 4. The number of amides is 1. The standard InChI is InChI=1S/C22H20Cl2FN3OS/c23-14-4-9-17(18(24)12-14)20-21(28-22(27-20)10-2-1-3-11-22)30-13-19(29)26-16-7-5-15(25)6-8-16/h4-9,12H,1-3,10-11,13H2,(H,26,29). The Morgan fingerprint density at radius 3 is 2.50 bits per heavy atom. The summed E-state index contributed by atoms with van der Waals surface area (Å²) in [6.45, 7) is 0. The van der Waals surface area contributed by atoms with Gasteiger partial charge < -0.3 is 5.32 Å². The molecule has 2 aliphatic rings. The van der Waals surface area contributed by atoms with Gasteiger partial charge in [0.2, 0.25) is 5.91 Å². The second-order valence-electron chi connectivity index (χ2n) is 7.39. The third-order valence-electron chi connectivity index (χ3n) is 5.14. The molecule has 30 heavy (non-hydrogen) atoms. The highest BCUT2D eigenvalue weighted by Gasteiger charge is 2.38. The fourth-order valence-corrected chi connectivity index (χ4v) is 5.05. The molecule has 1 fully saturated rings. The van der Waals surface area contributed by atoms with Crippen LogP contribution in [0.25, 0.3) is 0 Å². The Morgan fingerprint density at radius 2 is 1.80 bits per heavy atom. The summed E-state index contributed by atoms with van der Waals surface area (Å²) in [7, 11) is 0. The van der Waals surface area contributed by atoms with Gasteiger partial charge in [-0.1, -0.05) is 41.4 Å². The Kier molecular flexibility index (Phi) is 6.46. The van der Waals surface area contributed by atoms with E-state index in [9.17, 15) is 9.18 Å². The molecule has 0 bridgehead atoms. The van der Waals surface area contributed by atoms with Gasteiger partial charge in [-0.05, 0) is 68.1 Å². The summed E-state index contributed by atoms with van der Waals surface area (Å²) >= 11 is 13.8. The van der Waals surface area contributed by atoms with E-state index in [0.29, 0.717) is 15.7 Å². The van der Waals surface area contributed by atoms with Crippen molar-refractivity contribution in [3.05, 3.63) is 63.9 Å². The molecule has 1 aliphatic heterocycles. The molecule has 0 aromatic heterocycles. The molecule has 0 saturated heterocycles. The van der Waals surface area contributed by atoms with Crippen LogP contribution in [0.4, 0.5) is 10.1 Å². The molecule has 8 heteroatoms. The van der Waals surface area contributed by atoms with E-state index in [4.69, 9.17) is 33.2 Å². The van der Waals surface area contributed by atoms with Crippen LogP contribution < -0.4 is 5.32 Å². The number of aliphatic imine (C=N–C) groups is 2.